The molecule has 0 radical (unpaired) electrons. The van der Waals surface area contributed by atoms with Gasteiger partial charge < -0.3 is 14.8 Å². The van der Waals surface area contributed by atoms with Gasteiger partial charge in [0.1, 0.15) is 5.38 Å². The first kappa shape index (κ1) is 13.7. The fourth-order valence-electron chi connectivity index (χ4n) is 2.03. The summed E-state index contributed by atoms with van der Waals surface area (Å²) in [7, 11) is 3.09. The van der Waals surface area contributed by atoms with Crippen LogP contribution in [0.4, 0.5) is 0 Å². The summed E-state index contributed by atoms with van der Waals surface area (Å²) in [5, 5.41) is 2.68. The second-order valence-corrected chi connectivity index (χ2v) is 4.65. The van der Waals surface area contributed by atoms with Crippen LogP contribution in [-0.4, -0.2) is 44.3 Å². The van der Waals surface area contributed by atoms with Gasteiger partial charge in [0.2, 0.25) is 0 Å². The Bertz CT molecular complexity index is 225. The van der Waals surface area contributed by atoms with E-state index < -0.39 is 5.38 Å². The van der Waals surface area contributed by atoms with Crippen molar-refractivity contribution < 1.29 is 14.3 Å². The predicted octanol–water partition coefficient (Wildman–Crippen LogP) is 1.31. The molecular weight excluding hydrogens is 230 g/mol. The molecule has 3 unspecified atom stereocenters. The van der Waals surface area contributed by atoms with E-state index in [0.717, 1.165) is 25.7 Å². The number of ether oxygens (including phenoxy) is 2. The van der Waals surface area contributed by atoms with Crippen LogP contribution in [0.25, 0.3) is 0 Å². The first-order valence-electron chi connectivity index (χ1n) is 5.65. The molecule has 0 aromatic heterocycles. The molecule has 0 aromatic rings. The van der Waals surface area contributed by atoms with E-state index in [0.29, 0.717) is 18.7 Å². The predicted molar refractivity (Wildman–Crippen MR) is 62.7 cm³/mol. The Balaban J connectivity index is 2.24. The lowest BCUT2D eigenvalue weighted by Crippen LogP contribution is -2.41. The minimum Gasteiger partial charge on any atom is -0.468 e. The summed E-state index contributed by atoms with van der Waals surface area (Å²) in [5.41, 5.74) is 0. The minimum atomic E-state index is -0.604. The SMILES string of the molecule is COC(=O)C(Cl)CNC1CCCC(OC)C1. The molecule has 94 valence electrons. The summed E-state index contributed by atoms with van der Waals surface area (Å²) in [4.78, 5) is 11.1. The van der Waals surface area contributed by atoms with Gasteiger partial charge in [-0.05, 0) is 25.7 Å². The third-order valence-electron chi connectivity index (χ3n) is 3.00. The molecule has 1 aliphatic rings. The maximum absolute atomic E-state index is 11.1. The molecule has 0 heterocycles. The van der Waals surface area contributed by atoms with Gasteiger partial charge >= 0.3 is 5.97 Å². The van der Waals surface area contributed by atoms with Gasteiger partial charge in [-0.2, -0.15) is 0 Å². The van der Waals surface area contributed by atoms with Crippen molar-refractivity contribution in [3.8, 4) is 0 Å². The molecule has 1 aliphatic carbocycles. The van der Waals surface area contributed by atoms with Gasteiger partial charge in [-0.25, -0.2) is 0 Å². The van der Waals surface area contributed by atoms with Crippen molar-refractivity contribution >= 4 is 17.6 Å². The fraction of sp³-hybridized carbons (Fsp3) is 0.909. The summed E-state index contributed by atoms with van der Waals surface area (Å²) in [6.07, 6.45) is 4.71. The summed E-state index contributed by atoms with van der Waals surface area (Å²) in [6, 6.07) is 0.393. The Kier molecular flexibility index (Phi) is 6.09. The molecule has 3 atom stereocenters. The second kappa shape index (κ2) is 7.09. The number of halogens is 1. The van der Waals surface area contributed by atoms with E-state index in [1.54, 1.807) is 7.11 Å². The highest BCUT2D eigenvalue weighted by molar-refractivity contribution is 6.30. The third-order valence-corrected chi connectivity index (χ3v) is 3.33. The number of nitrogens with one attached hydrogen (secondary N) is 1. The number of esters is 1. The maximum Gasteiger partial charge on any atom is 0.325 e. The maximum atomic E-state index is 11.1. The van der Waals surface area contributed by atoms with Crippen molar-refractivity contribution in [3.05, 3.63) is 0 Å². The lowest BCUT2D eigenvalue weighted by molar-refractivity contribution is -0.140. The molecule has 16 heavy (non-hydrogen) atoms. The highest BCUT2D eigenvalue weighted by atomic mass is 35.5. The van der Waals surface area contributed by atoms with Gasteiger partial charge in [0.25, 0.3) is 0 Å². The van der Waals surface area contributed by atoms with Crippen LogP contribution in [0.1, 0.15) is 25.7 Å². The van der Waals surface area contributed by atoms with Gasteiger partial charge in [0, 0.05) is 19.7 Å². The van der Waals surface area contributed by atoms with Crippen molar-refractivity contribution in [1.29, 1.82) is 0 Å². The Morgan fingerprint density at radius 3 is 2.88 bits per heavy atom. The second-order valence-electron chi connectivity index (χ2n) is 4.12. The number of hydrogen-bond acceptors (Lipinski definition) is 4. The molecule has 1 rings (SSSR count). The van der Waals surface area contributed by atoms with Crippen LogP contribution in [0.5, 0.6) is 0 Å². The van der Waals surface area contributed by atoms with Gasteiger partial charge in [-0.1, -0.05) is 0 Å². The summed E-state index contributed by atoms with van der Waals surface area (Å²) in [6.45, 7) is 0.454. The van der Waals surface area contributed by atoms with E-state index in [-0.39, 0.29) is 5.97 Å². The van der Waals surface area contributed by atoms with Gasteiger partial charge in [-0.15, -0.1) is 11.6 Å². The van der Waals surface area contributed by atoms with Crippen LogP contribution in [0.15, 0.2) is 0 Å². The first-order chi connectivity index (χ1) is 7.67. The van der Waals surface area contributed by atoms with E-state index in [2.05, 4.69) is 10.1 Å². The first-order valence-corrected chi connectivity index (χ1v) is 6.09. The normalized spacial score (nSPS) is 27.4. The highest BCUT2D eigenvalue weighted by Crippen LogP contribution is 2.20. The lowest BCUT2D eigenvalue weighted by Gasteiger charge is -2.29. The molecule has 1 N–H and O–H groups in total. The Morgan fingerprint density at radius 2 is 2.25 bits per heavy atom. The quantitative estimate of drug-likeness (QED) is 0.590. The average Bonchev–Trinajstić information content (AvgIpc) is 2.35. The number of carbonyl (C=O) groups excluding carboxylic acids is 1. The smallest absolute Gasteiger partial charge is 0.325 e. The summed E-state index contributed by atoms with van der Waals surface area (Å²) in [5.74, 6) is -0.381. The molecule has 0 spiro atoms. The van der Waals surface area contributed by atoms with Crippen LogP contribution < -0.4 is 5.32 Å². The molecule has 0 bridgehead atoms. The number of alkyl halides is 1. The average molecular weight is 250 g/mol. The molecule has 0 amide bonds. The van der Waals surface area contributed by atoms with Crippen molar-refractivity contribution in [2.45, 2.75) is 43.2 Å². The zero-order chi connectivity index (χ0) is 12.0. The highest BCUT2D eigenvalue weighted by Gasteiger charge is 2.23. The van der Waals surface area contributed by atoms with Crippen molar-refractivity contribution in [3.63, 3.8) is 0 Å². The lowest BCUT2D eigenvalue weighted by atomic mass is 9.93. The molecule has 0 saturated heterocycles. The van der Waals surface area contributed by atoms with Gasteiger partial charge in [0.05, 0.1) is 13.2 Å². The van der Waals surface area contributed by atoms with E-state index in [1.807, 2.05) is 0 Å². The zero-order valence-corrected chi connectivity index (χ0v) is 10.6. The topological polar surface area (TPSA) is 47.6 Å². The Labute approximate surface area is 102 Å². The molecule has 0 aliphatic heterocycles. The standard InChI is InChI=1S/C11H20ClNO3/c1-15-9-5-3-4-8(6-9)13-7-10(12)11(14)16-2/h8-10,13H,3-7H2,1-2H3. The largest absolute Gasteiger partial charge is 0.468 e. The van der Waals surface area contributed by atoms with E-state index in [1.165, 1.54) is 7.11 Å². The number of carbonyl (C=O) groups is 1. The number of hydrogen-bond donors (Lipinski definition) is 1. The van der Waals surface area contributed by atoms with E-state index >= 15 is 0 Å². The Morgan fingerprint density at radius 1 is 1.50 bits per heavy atom. The fourth-order valence-corrected chi connectivity index (χ4v) is 2.20. The van der Waals surface area contributed by atoms with Gasteiger partial charge in [-0.3, -0.25) is 4.79 Å². The van der Waals surface area contributed by atoms with Crippen molar-refractivity contribution in [2.75, 3.05) is 20.8 Å². The van der Waals surface area contributed by atoms with Gasteiger partial charge in [0.15, 0.2) is 0 Å². The minimum absolute atomic E-state index is 0.332. The summed E-state index contributed by atoms with van der Waals surface area (Å²) >= 11 is 5.85. The zero-order valence-electron chi connectivity index (χ0n) is 9.87. The van der Waals surface area contributed by atoms with Crippen LogP contribution in [0.3, 0.4) is 0 Å². The number of methoxy groups -OCH3 is 2. The molecule has 5 heteroatoms. The molecular formula is C11H20ClNO3. The van der Waals surface area contributed by atoms with E-state index in [4.69, 9.17) is 16.3 Å². The van der Waals surface area contributed by atoms with Crippen molar-refractivity contribution in [2.24, 2.45) is 0 Å². The molecule has 4 nitrogen and oxygen atoms in total. The van der Waals surface area contributed by atoms with Crippen LogP contribution in [0.2, 0.25) is 0 Å². The Hall–Kier alpha value is -0.320. The van der Waals surface area contributed by atoms with E-state index in [9.17, 15) is 4.79 Å². The van der Waals surface area contributed by atoms with Crippen LogP contribution in [-0.2, 0) is 14.3 Å². The monoisotopic (exact) mass is 249 g/mol. The molecule has 1 fully saturated rings. The van der Waals surface area contributed by atoms with Crippen molar-refractivity contribution in [1.82, 2.24) is 5.32 Å². The molecule has 1 saturated carbocycles. The number of rotatable bonds is 5. The van der Waals surface area contributed by atoms with Crippen LogP contribution in [0, 0.1) is 0 Å². The summed E-state index contributed by atoms with van der Waals surface area (Å²) < 4.78 is 9.89. The van der Waals surface area contributed by atoms with Crippen LogP contribution >= 0.6 is 11.6 Å². The third kappa shape index (κ3) is 4.28. The molecule has 0 aromatic carbocycles.